The van der Waals surface area contributed by atoms with Gasteiger partial charge >= 0.3 is 0 Å². The molecule has 0 aliphatic heterocycles. The molecule has 0 fully saturated rings. The second-order valence-electron chi connectivity index (χ2n) is 3.25. The van der Waals surface area contributed by atoms with Crippen LogP contribution in [0.4, 0.5) is 4.39 Å². The molecule has 2 aromatic heterocycles. The smallest absolute Gasteiger partial charge is 0.151 e. The highest BCUT2D eigenvalue weighted by Crippen LogP contribution is 2.25. The van der Waals surface area contributed by atoms with Crippen molar-refractivity contribution in [2.75, 3.05) is 6.54 Å². The molecule has 0 amide bonds. The molecule has 2 rings (SSSR count). The van der Waals surface area contributed by atoms with Gasteiger partial charge in [0.15, 0.2) is 5.82 Å². The van der Waals surface area contributed by atoms with Gasteiger partial charge < -0.3 is 5.32 Å². The van der Waals surface area contributed by atoms with E-state index in [2.05, 4.69) is 15.3 Å². The van der Waals surface area contributed by atoms with Crippen LogP contribution < -0.4 is 5.32 Å². The van der Waals surface area contributed by atoms with Crippen LogP contribution in [-0.2, 0) is 6.54 Å². The van der Waals surface area contributed by atoms with Gasteiger partial charge in [-0.25, -0.2) is 9.37 Å². The van der Waals surface area contributed by atoms with Gasteiger partial charge in [-0.1, -0.05) is 6.92 Å². The quantitative estimate of drug-likeness (QED) is 0.887. The van der Waals surface area contributed by atoms with Crippen molar-refractivity contribution >= 4 is 11.3 Å². The zero-order valence-electron chi connectivity index (χ0n) is 8.90. The fourth-order valence-electron chi connectivity index (χ4n) is 1.29. The van der Waals surface area contributed by atoms with Crippen LogP contribution in [0.3, 0.4) is 0 Å². The van der Waals surface area contributed by atoms with E-state index in [1.54, 1.807) is 18.5 Å². The summed E-state index contributed by atoms with van der Waals surface area (Å²) in [5.74, 6) is -0.327. The standard InChI is InChI=1S/C11H12FN3S/c1-2-13-6-8-7-15-11(16-8)10-9(12)4-3-5-14-10/h3-5,7,13H,2,6H2,1H3. The van der Waals surface area contributed by atoms with Crippen molar-refractivity contribution < 1.29 is 4.39 Å². The zero-order valence-corrected chi connectivity index (χ0v) is 9.72. The maximum atomic E-state index is 13.4. The summed E-state index contributed by atoms with van der Waals surface area (Å²) in [6.07, 6.45) is 3.33. The lowest BCUT2D eigenvalue weighted by Gasteiger charge is -1.96. The number of hydrogen-bond donors (Lipinski definition) is 1. The van der Waals surface area contributed by atoms with Crippen LogP contribution in [-0.4, -0.2) is 16.5 Å². The first-order valence-electron chi connectivity index (χ1n) is 5.07. The minimum Gasteiger partial charge on any atom is -0.312 e. The lowest BCUT2D eigenvalue weighted by Crippen LogP contribution is -2.10. The van der Waals surface area contributed by atoms with Crippen molar-refractivity contribution in [2.24, 2.45) is 0 Å². The van der Waals surface area contributed by atoms with Crippen molar-refractivity contribution in [1.29, 1.82) is 0 Å². The van der Waals surface area contributed by atoms with Crippen LogP contribution in [0, 0.1) is 5.82 Å². The van der Waals surface area contributed by atoms with Crippen molar-refractivity contribution in [3.05, 3.63) is 35.2 Å². The molecule has 0 unspecified atom stereocenters. The predicted octanol–water partition coefficient (Wildman–Crippen LogP) is 2.45. The lowest BCUT2D eigenvalue weighted by atomic mass is 10.3. The fourth-order valence-corrected chi connectivity index (χ4v) is 2.17. The number of halogens is 1. The number of pyridine rings is 1. The summed E-state index contributed by atoms with van der Waals surface area (Å²) in [7, 11) is 0. The number of thiazole rings is 1. The van der Waals surface area contributed by atoms with Crippen molar-refractivity contribution in [3.8, 4) is 10.7 Å². The van der Waals surface area contributed by atoms with Crippen molar-refractivity contribution in [3.63, 3.8) is 0 Å². The van der Waals surface area contributed by atoms with Crippen molar-refractivity contribution in [2.45, 2.75) is 13.5 Å². The Kier molecular flexibility index (Phi) is 3.58. The third-order valence-corrected chi connectivity index (χ3v) is 3.07. The van der Waals surface area contributed by atoms with E-state index in [0.29, 0.717) is 10.7 Å². The van der Waals surface area contributed by atoms with E-state index in [-0.39, 0.29) is 5.82 Å². The summed E-state index contributed by atoms with van der Waals surface area (Å²) in [6, 6.07) is 2.97. The Balaban J connectivity index is 2.22. The van der Waals surface area contributed by atoms with Crippen LogP contribution in [0.2, 0.25) is 0 Å². The Hall–Kier alpha value is -1.33. The molecule has 0 aliphatic carbocycles. The molecule has 1 N–H and O–H groups in total. The first-order valence-corrected chi connectivity index (χ1v) is 5.89. The third kappa shape index (κ3) is 2.43. The third-order valence-electron chi connectivity index (χ3n) is 2.06. The second kappa shape index (κ2) is 5.14. The number of aromatic nitrogens is 2. The highest BCUT2D eigenvalue weighted by molar-refractivity contribution is 7.14. The van der Waals surface area contributed by atoms with E-state index < -0.39 is 0 Å². The molecule has 0 spiro atoms. The molecule has 0 atom stereocenters. The van der Waals surface area contributed by atoms with Gasteiger partial charge in [0.25, 0.3) is 0 Å². The molecule has 0 aromatic carbocycles. The molecule has 0 saturated heterocycles. The van der Waals surface area contributed by atoms with E-state index in [1.807, 2.05) is 6.92 Å². The number of hydrogen-bond acceptors (Lipinski definition) is 4. The van der Waals surface area contributed by atoms with Gasteiger partial charge in [-0.3, -0.25) is 4.98 Å². The van der Waals surface area contributed by atoms with Gasteiger partial charge in [0.1, 0.15) is 10.7 Å². The van der Waals surface area contributed by atoms with Crippen LogP contribution in [0.15, 0.2) is 24.5 Å². The summed E-state index contributed by atoms with van der Waals surface area (Å²) < 4.78 is 13.4. The number of nitrogens with one attached hydrogen (secondary N) is 1. The maximum Gasteiger partial charge on any atom is 0.151 e. The Morgan fingerprint density at radius 2 is 2.31 bits per heavy atom. The van der Waals surface area contributed by atoms with E-state index in [9.17, 15) is 4.39 Å². The predicted molar refractivity (Wildman–Crippen MR) is 62.7 cm³/mol. The van der Waals surface area contributed by atoms with Crippen LogP contribution in [0.5, 0.6) is 0 Å². The van der Waals surface area contributed by atoms with Crippen LogP contribution in [0.1, 0.15) is 11.8 Å². The number of rotatable bonds is 4. The zero-order chi connectivity index (χ0) is 11.4. The first-order chi connectivity index (χ1) is 7.81. The van der Waals surface area contributed by atoms with Crippen LogP contribution in [0.25, 0.3) is 10.7 Å². The second-order valence-corrected chi connectivity index (χ2v) is 4.36. The molecular formula is C11H12FN3S. The molecular weight excluding hydrogens is 225 g/mol. The average Bonchev–Trinajstić information content (AvgIpc) is 2.75. The topological polar surface area (TPSA) is 37.8 Å². The lowest BCUT2D eigenvalue weighted by molar-refractivity contribution is 0.625. The van der Waals surface area contributed by atoms with E-state index >= 15 is 0 Å². The summed E-state index contributed by atoms with van der Waals surface area (Å²) in [4.78, 5) is 9.26. The van der Waals surface area contributed by atoms with Gasteiger partial charge in [0.05, 0.1) is 0 Å². The fraction of sp³-hybridized carbons (Fsp3) is 0.273. The minimum atomic E-state index is -0.327. The molecule has 0 saturated carbocycles. The molecule has 0 bridgehead atoms. The van der Waals surface area contributed by atoms with E-state index in [0.717, 1.165) is 18.0 Å². The number of nitrogens with zero attached hydrogens (tertiary/aromatic N) is 2. The van der Waals surface area contributed by atoms with E-state index in [4.69, 9.17) is 0 Å². The molecule has 2 aromatic rings. The summed E-state index contributed by atoms with van der Waals surface area (Å²) >= 11 is 1.46. The molecule has 5 heteroatoms. The molecule has 0 radical (unpaired) electrons. The Bertz CT molecular complexity index is 470. The molecule has 0 aliphatic rings. The molecule has 84 valence electrons. The molecule has 16 heavy (non-hydrogen) atoms. The normalized spacial score (nSPS) is 10.6. The van der Waals surface area contributed by atoms with Gasteiger partial charge in [-0.05, 0) is 18.7 Å². The minimum absolute atomic E-state index is 0.327. The first kappa shape index (κ1) is 11.2. The highest BCUT2D eigenvalue weighted by Gasteiger charge is 2.10. The largest absolute Gasteiger partial charge is 0.312 e. The average molecular weight is 237 g/mol. The Morgan fingerprint density at radius 3 is 3.06 bits per heavy atom. The SMILES string of the molecule is CCNCc1cnc(-c2ncccc2F)s1. The summed E-state index contributed by atoms with van der Waals surface area (Å²) in [5, 5.41) is 3.83. The molecule has 2 heterocycles. The monoisotopic (exact) mass is 237 g/mol. The molecule has 3 nitrogen and oxygen atoms in total. The van der Waals surface area contributed by atoms with E-state index in [1.165, 1.54) is 17.4 Å². The van der Waals surface area contributed by atoms with Crippen molar-refractivity contribution in [1.82, 2.24) is 15.3 Å². The van der Waals surface area contributed by atoms with Gasteiger partial charge in [-0.2, -0.15) is 0 Å². The highest BCUT2D eigenvalue weighted by atomic mass is 32.1. The maximum absolute atomic E-state index is 13.4. The van der Waals surface area contributed by atoms with Gasteiger partial charge in [0, 0.05) is 23.8 Å². The summed E-state index contributed by atoms with van der Waals surface area (Å²) in [6.45, 7) is 3.72. The Labute approximate surface area is 97.4 Å². The Morgan fingerprint density at radius 1 is 1.44 bits per heavy atom. The summed E-state index contributed by atoms with van der Waals surface area (Å²) in [5.41, 5.74) is 0.329. The van der Waals surface area contributed by atoms with Gasteiger partial charge in [-0.15, -0.1) is 11.3 Å². The van der Waals surface area contributed by atoms with Gasteiger partial charge in [0.2, 0.25) is 0 Å². The van der Waals surface area contributed by atoms with Crippen LogP contribution >= 0.6 is 11.3 Å².